The van der Waals surface area contributed by atoms with Gasteiger partial charge in [0.25, 0.3) is 0 Å². The zero-order chi connectivity index (χ0) is 26.7. The van der Waals surface area contributed by atoms with Crippen molar-refractivity contribution in [2.24, 2.45) is 5.73 Å². The van der Waals surface area contributed by atoms with Crippen LogP contribution in [0.4, 0.5) is 4.79 Å². The molecule has 0 spiro atoms. The number of alkyl carbamates (subject to hydrolysis) is 1. The van der Waals surface area contributed by atoms with Crippen LogP contribution in [0.3, 0.4) is 0 Å². The summed E-state index contributed by atoms with van der Waals surface area (Å²) in [6.45, 7) is 10.1. The van der Waals surface area contributed by atoms with Gasteiger partial charge in [-0.2, -0.15) is 0 Å². The number of amides is 1. The Labute approximate surface area is 239 Å². The maximum Gasteiger partial charge on any atom is 0.407 e. The van der Waals surface area contributed by atoms with Crippen molar-refractivity contribution in [1.82, 2.24) is 5.32 Å². The Morgan fingerprint density at radius 2 is 1.55 bits per heavy atom. The summed E-state index contributed by atoms with van der Waals surface area (Å²) < 4.78 is 10.6. The number of fused-ring (bicyclic) bond motifs is 3. The topological polar surface area (TPSA) is 73.6 Å². The number of carbonyl (C=O) groups excluding carboxylic acids is 1. The van der Waals surface area contributed by atoms with Gasteiger partial charge in [-0.15, -0.1) is 23.6 Å². The predicted molar refractivity (Wildman–Crippen MR) is 167 cm³/mol. The second kappa shape index (κ2) is 15.5. The zero-order valence-electron chi connectivity index (χ0n) is 22.7. The van der Waals surface area contributed by atoms with Gasteiger partial charge in [0, 0.05) is 12.5 Å². The van der Waals surface area contributed by atoms with E-state index >= 15 is 0 Å². The van der Waals surface area contributed by atoms with Gasteiger partial charge in [0.2, 0.25) is 0 Å². The van der Waals surface area contributed by atoms with E-state index in [2.05, 4.69) is 61.4 Å². The fourth-order valence-electron chi connectivity index (χ4n) is 4.63. The monoisotopic (exact) mass is 596 g/mol. The summed E-state index contributed by atoms with van der Waals surface area (Å²) in [5.74, 6) is 1.04. The quantitative estimate of drug-likeness (QED) is 0.156. The lowest BCUT2D eigenvalue weighted by atomic mass is 9.98. The van der Waals surface area contributed by atoms with Crippen LogP contribution in [0.5, 0.6) is 5.75 Å². The molecule has 0 heterocycles. The number of hydrogen-bond acceptors (Lipinski definition) is 4. The number of unbranched alkanes of at least 4 members (excludes halogenated alkanes) is 1. The first kappa shape index (κ1) is 31.3. The molecule has 1 amide bonds. The third-order valence-electron chi connectivity index (χ3n) is 6.77. The second-order valence-electron chi connectivity index (χ2n) is 9.85. The van der Waals surface area contributed by atoms with E-state index in [0.29, 0.717) is 19.7 Å². The predicted octanol–water partition coefficient (Wildman–Crippen LogP) is 6.64. The van der Waals surface area contributed by atoms with Gasteiger partial charge >= 0.3 is 6.09 Å². The molecule has 0 fully saturated rings. The molecule has 3 aromatic rings. The van der Waals surface area contributed by atoms with Gasteiger partial charge in [-0.3, -0.25) is 0 Å². The van der Waals surface area contributed by atoms with Crippen LogP contribution in [0.2, 0.25) is 19.1 Å². The van der Waals surface area contributed by atoms with Gasteiger partial charge < -0.3 is 20.5 Å². The van der Waals surface area contributed by atoms with Gasteiger partial charge in [-0.1, -0.05) is 85.0 Å². The van der Waals surface area contributed by atoms with Crippen molar-refractivity contribution in [3.05, 3.63) is 96.6 Å². The molecule has 204 valence electrons. The maximum absolute atomic E-state index is 11.8. The van der Waals surface area contributed by atoms with Crippen molar-refractivity contribution in [3.63, 3.8) is 0 Å². The summed E-state index contributed by atoms with van der Waals surface area (Å²) >= 11 is 0. The van der Waals surface area contributed by atoms with Crippen molar-refractivity contribution in [2.45, 2.75) is 37.9 Å². The molecule has 0 saturated heterocycles. The molecule has 0 bridgehead atoms. The van der Waals surface area contributed by atoms with Gasteiger partial charge in [0.1, 0.15) is 12.4 Å². The van der Waals surface area contributed by atoms with Crippen LogP contribution in [0.25, 0.3) is 11.1 Å². The van der Waals surface area contributed by atoms with Crippen LogP contribution < -0.4 is 21.0 Å². The molecule has 3 N–H and O–H groups in total. The SMILES string of the molecule is Br.C=CC[Si](C)(C)c1ccc(OC)cc1.NCCCCNC(=O)OCC1c2ccccc2-c2ccccc21. The van der Waals surface area contributed by atoms with Crippen molar-refractivity contribution in [3.8, 4) is 16.9 Å². The van der Waals surface area contributed by atoms with E-state index in [4.69, 9.17) is 15.2 Å². The largest absolute Gasteiger partial charge is 0.497 e. The van der Waals surface area contributed by atoms with Crippen molar-refractivity contribution < 1.29 is 14.3 Å². The number of rotatable bonds is 10. The van der Waals surface area contributed by atoms with Crippen LogP contribution in [-0.4, -0.2) is 41.0 Å². The fourth-order valence-corrected chi connectivity index (χ4v) is 6.66. The average molecular weight is 598 g/mol. The number of allylic oxidation sites excluding steroid dienone is 1. The molecule has 0 unspecified atom stereocenters. The standard InChI is InChI=1S/C19H22N2O2.C12H18OSi.BrH/c20-11-5-6-12-21-19(22)23-13-18-16-9-3-1-7-14(16)15-8-2-4-10-17(15)18;1-5-10-14(3,4)12-8-6-11(13-2)7-9-12;/h1-4,7-10,18H,5-6,11-13,20H2,(H,21,22);5-9H,1,10H2,2-4H3;1H. The third kappa shape index (κ3) is 8.31. The third-order valence-corrected chi connectivity index (χ3v) is 9.98. The molecule has 38 heavy (non-hydrogen) atoms. The summed E-state index contributed by atoms with van der Waals surface area (Å²) in [7, 11) is 0.407. The number of carbonyl (C=O) groups is 1. The van der Waals surface area contributed by atoms with Crippen LogP contribution in [0, 0.1) is 0 Å². The molecule has 0 radical (unpaired) electrons. The van der Waals surface area contributed by atoms with E-state index in [0.717, 1.165) is 24.6 Å². The Balaban J connectivity index is 0.000000292. The normalized spacial score (nSPS) is 11.7. The highest BCUT2D eigenvalue weighted by atomic mass is 79.9. The van der Waals surface area contributed by atoms with Gasteiger partial charge in [0.15, 0.2) is 0 Å². The smallest absolute Gasteiger partial charge is 0.407 e. The van der Waals surface area contributed by atoms with Crippen LogP contribution in [0.15, 0.2) is 85.5 Å². The molecule has 1 aliphatic rings. The highest BCUT2D eigenvalue weighted by Gasteiger charge is 2.28. The molecular formula is C31H41BrN2O3Si. The Morgan fingerprint density at radius 1 is 0.974 bits per heavy atom. The molecule has 5 nitrogen and oxygen atoms in total. The first-order valence-corrected chi connectivity index (χ1v) is 16.2. The molecule has 0 aliphatic heterocycles. The number of ether oxygens (including phenoxy) is 2. The molecule has 0 aromatic heterocycles. The first-order chi connectivity index (χ1) is 17.9. The van der Waals surface area contributed by atoms with Crippen molar-refractivity contribution >= 4 is 36.3 Å². The molecular weight excluding hydrogens is 556 g/mol. The molecule has 4 rings (SSSR count). The number of methoxy groups -OCH3 is 1. The highest BCUT2D eigenvalue weighted by molar-refractivity contribution is 8.93. The lowest BCUT2D eigenvalue weighted by molar-refractivity contribution is 0.143. The minimum absolute atomic E-state index is 0. The number of hydrogen-bond donors (Lipinski definition) is 2. The summed E-state index contributed by atoms with van der Waals surface area (Å²) in [5.41, 5.74) is 10.4. The number of nitrogens with two attached hydrogens (primary N) is 1. The fraction of sp³-hybridized carbons (Fsp3) is 0.323. The summed E-state index contributed by atoms with van der Waals surface area (Å²) in [6, 6.07) is 26.2. The summed E-state index contributed by atoms with van der Waals surface area (Å²) in [6.07, 6.45) is 3.45. The molecule has 0 atom stereocenters. The minimum atomic E-state index is -1.29. The van der Waals surface area contributed by atoms with E-state index in [9.17, 15) is 4.79 Å². The Bertz CT molecular complexity index is 1120. The first-order valence-electron chi connectivity index (χ1n) is 13.0. The minimum Gasteiger partial charge on any atom is -0.497 e. The Kier molecular flexibility index (Phi) is 12.8. The van der Waals surface area contributed by atoms with Crippen LogP contribution in [-0.2, 0) is 4.74 Å². The molecule has 7 heteroatoms. The summed E-state index contributed by atoms with van der Waals surface area (Å²) in [5, 5.41) is 4.23. The maximum atomic E-state index is 11.8. The zero-order valence-corrected chi connectivity index (χ0v) is 25.5. The van der Waals surface area contributed by atoms with Crippen molar-refractivity contribution in [2.75, 3.05) is 26.8 Å². The van der Waals surface area contributed by atoms with Gasteiger partial charge in [-0.25, -0.2) is 4.79 Å². The van der Waals surface area contributed by atoms with Crippen molar-refractivity contribution in [1.29, 1.82) is 0 Å². The average Bonchev–Trinajstić information content (AvgIpc) is 3.24. The molecule has 3 aromatic carbocycles. The number of benzene rings is 3. The number of halogens is 1. The van der Waals surface area contributed by atoms with E-state index in [1.165, 1.54) is 27.4 Å². The van der Waals surface area contributed by atoms with Gasteiger partial charge in [-0.05, 0) is 59.8 Å². The van der Waals surface area contributed by atoms with Crippen LogP contribution >= 0.6 is 17.0 Å². The summed E-state index contributed by atoms with van der Waals surface area (Å²) in [4.78, 5) is 11.8. The molecule has 0 saturated carbocycles. The van der Waals surface area contributed by atoms with Gasteiger partial charge in [0.05, 0.1) is 15.2 Å². The molecule has 1 aliphatic carbocycles. The van der Waals surface area contributed by atoms with E-state index in [1.807, 2.05) is 42.5 Å². The second-order valence-corrected chi connectivity index (χ2v) is 14.6. The Hall–Kier alpha value is -2.87. The lowest BCUT2D eigenvalue weighted by Gasteiger charge is -2.21. The van der Waals surface area contributed by atoms with Crippen LogP contribution in [0.1, 0.15) is 29.9 Å². The number of nitrogens with one attached hydrogen (secondary N) is 1. The van der Waals surface area contributed by atoms with E-state index in [-0.39, 0.29) is 29.0 Å². The Morgan fingerprint density at radius 3 is 2.08 bits per heavy atom. The van der Waals surface area contributed by atoms with E-state index < -0.39 is 8.07 Å². The lowest BCUT2D eigenvalue weighted by Crippen LogP contribution is -2.40. The van der Waals surface area contributed by atoms with E-state index in [1.54, 1.807) is 7.11 Å². The highest BCUT2D eigenvalue weighted by Crippen LogP contribution is 2.44.